The van der Waals surface area contributed by atoms with E-state index < -0.39 is 0 Å². The second kappa shape index (κ2) is 5.73. The fourth-order valence-electron chi connectivity index (χ4n) is 4.03. The SMILES string of the molecule is CCC1CCCC(O)(C2CCC(C)CC2)CC1. The highest BCUT2D eigenvalue weighted by atomic mass is 16.3. The minimum atomic E-state index is -0.302. The molecule has 0 radical (unpaired) electrons. The Morgan fingerprint density at radius 3 is 2.35 bits per heavy atom. The first-order valence-corrected chi connectivity index (χ1v) is 7.86. The third kappa shape index (κ3) is 3.24. The molecule has 1 N–H and O–H groups in total. The third-order valence-corrected chi connectivity index (χ3v) is 5.56. The molecule has 0 spiro atoms. The maximum absolute atomic E-state index is 11.0. The highest BCUT2D eigenvalue weighted by Gasteiger charge is 2.39. The van der Waals surface area contributed by atoms with Gasteiger partial charge in [0.1, 0.15) is 0 Å². The van der Waals surface area contributed by atoms with Crippen LogP contribution in [-0.4, -0.2) is 10.7 Å². The fourth-order valence-corrected chi connectivity index (χ4v) is 4.03. The van der Waals surface area contributed by atoms with E-state index >= 15 is 0 Å². The van der Waals surface area contributed by atoms with Gasteiger partial charge in [-0.15, -0.1) is 0 Å². The highest BCUT2D eigenvalue weighted by molar-refractivity contribution is 4.91. The Labute approximate surface area is 107 Å². The summed E-state index contributed by atoms with van der Waals surface area (Å²) in [6.45, 7) is 4.66. The van der Waals surface area contributed by atoms with E-state index in [1.807, 2.05) is 0 Å². The van der Waals surface area contributed by atoms with Gasteiger partial charge >= 0.3 is 0 Å². The standard InChI is InChI=1S/C16H30O/c1-3-14-5-4-11-16(17,12-10-14)15-8-6-13(2)7-9-15/h13-15,17H,3-12H2,1-2H3. The Kier molecular flexibility index (Phi) is 4.52. The molecular formula is C16H30O. The quantitative estimate of drug-likeness (QED) is 0.701. The topological polar surface area (TPSA) is 20.2 Å². The van der Waals surface area contributed by atoms with Gasteiger partial charge in [-0.25, -0.2) is 0 Å². The summed E-state index contributed by atoms with van der Waals surface area (Å²) in [6.07, 6.45) is 12.5. The monoisotopic (exact) mass is 238 g/mol. The van der Waals surface area contributed by atoms with Gasteiger partial charge in [-0.2, -0.15) is 0 Å². The smallest absolute Gasteiger partial charge is 0.0675 e. The van der Waals surface area contributed by atoms with Crippen LogP contribution in [-0.2, 0) is 0 Å². The largest absolute Gasteiger partial charge is 0.390 e. The van der Waals surface area contributed by atoms with Crippen molar-refractivity contribution in [3.05, 3.63) is 0 Å². The molecule has 0 aliphatic heterocycles. The normalized spacial score (nSPS) is 44.3. The molecule has 0 aromatic carbocycles. The van der Waals surface area contributed by atoms with Crippen LogP contribution in [0.2, 0.25) is 0 Å². The Morgan fingerprint density at radius 1 is 1.00 bits per heavy atom. The van der Waals surface area contributed by atoms with Crippen molar-refractivity contribution in [2.45, 2.75) is 83.7 Å². The van der Waals surface area contributed by atoms with Crippen LogP contribution in [0, 0.1) is 17.8 Å². The molecule has 0 bridgehead atoms. The van der Waals surface area contributed by atoms with Crippen LogP contribution < -0.4 is 0 Å². The zero-order valence-electron chi connectivity index (χ0n) is 11.8. The van der Waals surface area contributed by atoms with Gasteiger partial charge < -0.3 is 5.11 Å². The molecule has 0 heterocycles. The van der Waals surface area contributed by atoms with E-state index in [1.54, 1.807) is 0 Å². The van der Waals surface area contributed by atoms with Gasteiger partial charge in [-0.05, 0) is 49.9 Å². The van der Waals surface area contributed by atoms with Crippen molar-refractivity contribution in [1.29, 1.82) is 0 Å². The van der Waals surface area contributed by atoms with Gasteiger partial charge in [0.25, 0.3) is 0 Å². The molecule has 2 aliphatic carbocycles. The summed E-state index contributed by atoms with van der Waals surface area (Å²) in [6, 6.07) is 0. The second-order valence-corrected chi connectivity index (χ2v) is 6.77. The lowest BCUT2D eigenvalue weighted by atomic mass is 9.71. The minimum Gasteiger partial charge on any atom is -0.390 e. The Bertz CT molecular complexity index is 230. The van der Waals surface area contributed by atoms with Crippen LogP contribution in [0.4, 0.5) is 0 Å². The number of rotatable bonds is 2. The zero-order valence-corrected chi connectivity index (χ0v) is 11.8. The van der Waals surface area contributed by atoms with E-state index in [1.165, 1.54) is 51.4 Å². The summed E-state index contributed by atoms with van der Waals surface area (Å²) in [5.74, 6) is 2.38. The van der Waals surface area contributed by atoms with Gasteiger partial charge in [0, 0.05) is 0 Å². The molecule has 100 valence electrons. The molecule has 1 heteroatoms. The van der Waals surface area contributed by atoms with Crippen molar-refractivity contribution in [2.75, 3.05) is 0 Å². The lowest BCUT2D eigenvalue weighted by molar-refractivity contribution is -0.0500. The second-order valence-electron chi connectivity index (χ2n) is 6.77. The van der Waals surface area contributed by atoms with Crippen LogP contribution in [0.25, 0.3) is 0 Å². The van der Waals surface area contributed by atoms with Crippen LogP contribution >= 0.6 is 0 Å². The maximum Gasteiger partial charge on any atom is 0.0675 e. The number of hydrogen-bond donors (Lipinski definition) is 1. The van der Waals surface area contributed by atoms with E-state index in [2.05, 4.69) is 13.8 Å². The summed E-state index contributed by atoms with van der Waals surface area (Å²) in [5, 5.41) is 11.0. The first kappa shape index (κ1) is 13.4. The summed E-state index contributed by atoms with van der Waals surface area (Å²) in [4.78, 5) is 0. The molecule has 17 heavy (non-hydrogen) atoms. The van der Waals surface area contributed by atoms with Crippen molar-refractivity contribution < 1.29 is 5.11 Å². The van der Waals surface area contributed by atoms with Crippen molar-refractivity contribution in [3.63, 3.8) is 0 Å². The minimum absolute atomic E-state index is 0.302. The Balaban J connectivity index is 1.93. The van der Waals surface area contributed by atoms with Crippen molar-refractivity contribution in [3.8, 4) is 0 Å². The first-order chi connectivity index (χ1) is 8.14. The lowest BCUT2D eigenvalue weighted by Crippen LogP contribution is -2.39. The van der Waals surface area contributed by atoms with Gasteiger partial charge in [0.05, 0.1) is 5.60 Å². The van der Waals surface area contributed by atoms with Crippen LogP contribution in [0.15, 0.2) is 0 Å². The van der Waals surface area contributed by atoms with Gasteiger partial charge in [0.2, 0.25) is 0 Å². The lowest BCUT2D eigenvalue weighted by Gasteiger charge is -2.39. The molecule has 2 unspecified atom stereocenters. The van der Waals surface area contributed by atoms with Crippen molar-refractivity contribution >= 4 is 0 Å². The molecule has 1 nitrogen and oxygen atoms in total. The fraction of sp³-hybridized carbons (Fsp3) is 1.00. The van der Waals surface area contributed by atoms with Crippen molar-refractivity contribution in [2.24, 2.45) is 17.8 Å². The number of aliphatic hydroxyl groups is 1. The molecule has 2 fully saturated rings. The average Bonchev–Trinajstić information content (AvgIpc) is 2.53. The van der Waals surface area contributed by atoms with Gasteiger partial charge in [0.15, 0.2) is 0 Å². The average molecular weight is 238 g/mol. The molecular weight excluding hydrogens is 208 g/mol. The van der Waals surface area contributed by atoms with E-state index in [4.69, 9.17) is 0 Å². The first-order valence-electron chi connectivity index (χ1n) is 7.86. The summed E-state index contributed by atoms with van der Waals surface area (Å²) >= 11 is 0. The van der Waals surface area contributed by atoms with Gasteiger partial charge in [-0.3, -0.25) is 0 Å². The molecule has 0 aromatic heterocycles. The van der Waals surface area contributed by atoms with E-state index in [-0.39, 0.29) is 5.60 Å². The van der Waals surface area contributed by atoms with E-state index in [0.29, 0.717) is 5.92 Å². The van der Waals surface area contributed by atoms with Gasteiger partial charge in [-0.1, -0.05) is 46.0 Å². The number of hydrogen-bond acceptors (Lipinski definition) is 1. The predicted molar refractivity (Wildman–Crippen MR) is 72.9 cm³/mol. The molecule has 0 aromatic rings. The molecule has 0 amide bonds. The Hall–Kier alpha value is -0.0400. The molecule has 2 saturated carbocycles. The third-order valence-electron chi connectivity index (χ3n) is 5.56. The highest BCUT2D eigenvalue weighted by Crippen LogP contribution is 2.43. The van der Waals surface area contributed by atoms with Crippen LogP contribution in [0.1, 0.15) is 78.1 Å². The zero-order chi connectivity index (χ0) is 12.3. The molecule has 2 aliphatic rings. The molecule has 0 saturated heterocycles. The van der Waals surface area contributed by atoms with E-state index in [9.17, 15) is 5.11 Å². The molecule has 2 atom stereocenters. The molecule has 2 rings (SSSR count). The summed E-state index contributed by atoms with van der Waals surface area (Å²) < 4.78 is 0. The van der Waals surface area contributed by atoms with E-state index in [0.717, 1.165) is 24.7 Å². The Morgan fingerprint density at radius 2 is 1.71 bits per heavy atom. The maximum atomic E-state index is 11.0. The van der Waals surface area contributed by atoms with Crippen LogP contribution in [0.3, 0.4) is 0 Å². The predicted octanol–water partition coefficient (Wildman–Crippen LogP) is 4.53. The summed E-state index contributed by atoms with van der Waals surface area (Å²) in [5.41, 5.74) is -0.302. The summed E-state index contributed by atoms with van der Waals surface area (Å²) in [7, 11) is 0. The van der Waals surface area contributed by atoms with Crippen LogP contribution in [0.5, 0.6) is 0 Å². The van der Waals surface area contributed by atoms with Crippen molar-refractivity contribution in [1.82, 2.24) is 0 Å².